The minimum Gasteiger partial charge on any atom is -0.496 e. The van der Waals surface area contributed by atoms with Gasteiger partial charge in [0.1, 0.15) is 11.9 Å². The van der Waals surface area contributed by atoms with Crippen LogP contribution in [-0.2, 0) is 0 Å². The van der Waals surface area contributed by atoms with Crippen LogP contribution in [0.5, 0.6) is 5.75 Å². The lowest BCUT2D eigenvalue weighted by Crippen LogP contribution is -1.98. The van der Waals surface area contributed by atoms with Gasteiger partial charge >= 0.3 is 0 Å². The first-order valence-corrected chi connectivity index (χ1v) is 7.70. The molecule has 18 heavy (non-hydrogen) atoms. The van der Waals surface area contributed by atoms with Crippen LogP contribution in [0, 0.1) is 6.92 Å². The maximum absolute atomic E-state index is 10.4. The molecule has 2 aromatic rings. The van der Waals surface area contributed by atoms with E-state index in [1.54, 1.807) is 18.4 Å². The third-order valence-corrected chi connectivity index (χ3v) is 5.22. The first kappa shape index (κ1) is 14.1. The van der Waals surface area contributed by atoms with Gasteiger partial charge in [0.2, 0.25) is 0 Å². The molecule has 0 radical (unpaired) electrons. The molecule has 5 heteroatoms. The van der Waals surface area contributed by atoms with Crippen molar-refractivity contribution < 1.29 is 9.84 Å². The van der Waals surface area contributed by atoms with Gasteiger partial charge in [-0.15, -0.1) is 11.3 Å². The number of methoxy groups -OCH3 is 1. The number of aryl methyl sites for hydroxylation is 1. The summed E-state index contributed by atoms with van der Waals surface area (Å²) in [6.07, 6.45) is -0.625. The van der Waals surface area contributed by atoms with E-state index >= 15 is 0 Å². The summed E-state index contributed by atoms with van der Waals surface area (Å²) >= 11 is 8.49. The molecule has 1 unspecified atom stereocenters. The molecule has 2 rings (SSSR count). The minimum absolute atomic E-state index is 0.625. The molecule has 0 saturated carbocycles. The third kappa shape index (κ3) is 2.79. The van der Waals surface area contributed by atoms with Crippen LogP contribution in [0.25, 0.3) is 0 Å². The van der Waals surface area contributed by atoms with Crippen molar-refractivity contribution in [1.82, 2.24) is 0 Å². The van der Waals surface area contributed by atoms with Crippen LogP contribution in [0.4, 0.5) is 0 Å². The second kappa shape index (κ2) is 5.74. The number of thiophene rings is 1. The van der Waals surface area contributed by atoms with Crippen LogP contribution in [0.1, 0.15) is 21.4 Å². The fraction of sp³-hybridized carbons (Fsp3) is 0.231. The fourth-order valence-electron chi connectivity index (χ4n) is 1.69. The largest absolute Gasteiger partial charge is 0.496 e. The lowest BCUT2D eigenvalue weighted by atomic mass is 10.1. The average Bonchev–Trinajstić information content (AvgIpc) is 2.67. The van der Waals surface area contributed by atoms with E-state index in [0.29, 0.717) is 0 Å². The topological polar surface area (TPSA) is 29.5 Å². The molecule has 2 nitrogen and oxygen atoms in total. The van der Waals surface area contributed by atoms with Gasteiger partial charge in [-0.05, 0) is 62.5 Å². The second-order valence-corrected chi connectivity index (χ2v) is 6.86. The van der Waals surface area contributed by atoms with Gasteiger partial charge in [0, 0.05) is 9.35 Å². The van der Waals surface area contributed by atoms with Crippen LogP contribution >= 0.6 is 43.2 Å². The van der Waals surface area contributed by atoms with Crippen LogP contribution in [0.3, 0.4) is 0 Å². The number of hydrogen-bond donors (Lipinski definition) is 1. The predicted octanol–water partition coefficient (Wildman–Crippen LogP) is 4.67. The number of halogens is 2. The van der Waals surface area contributed by atoms with E-state index in [2.05, 4.69) is 31.9 Å². The van der Waals surface area contributed by atoms with Crippen molar-refractivity contribution in [2.45, 2.75) is 13.0 Å². The first-order chi connectivity index (χ1) is 8.52. The van der Waals surface area contributed by atoms with E-state index in [0.717, 1.165) is 25.1 Å². The summed E-state index contributed by atoms with van der Waals surface area (Å²) in [5, 5.41) is 10.4. The molecule has 96 valence electrons. The van der Waals surface area contributed by atoms with E-state index < -0.39 is 6.10 Å². The predicted molar refractivity (Wildman–Crippen MR) is 81.5 cm³/mol. The smallest absolute Gasteiger partial charge is 0.133 e. The Hall–Kier alpha value is -0.360. The van der Waals surface area contributed by atoms with Crippen molar-refractivity contribution in [2.24, 2.45) is 0 Å². The zero-order chi connectivity index (χ0) is 13.3. The van der Waals surface area contributed by atoms with Gasteiger partial charge in [0.05, 0.1) is 16.5 Å². The molecule has 0 saturated heterocycles. The van der Waals surface area contributed by atoms with Gasteiger partial charge in [-0.2, -0.15) is 0 Å². The minimum atomic E-state index is -0.625. The molecule has 0 amide bonds. The Balaban J connectivity index is 2.37. The molecule has 1 aromatic heterocycles. The summed E-state index contributed by atoms with van der Waals surface area (Å²) in [4.78, 5) is 2.09. The highest BCUT2D eigenvalue weighted by Crippen LogP contribution is 2.37. The van der Waals surface area contributed by atoms with Crippen molar-refractivity contribution >= 4 is 43.2 Å². The van der Waals surface area contributed by atoms with Gasteiger partial charge in [-0.3, -0.25) is 0 Å². The second-order valence-electron chi connectivity index (χ2n) is 3.87. The van der Waals surface area contributed by atoms with Crippen LogP contribution in [0.15, 0.2) is 33.2 Å². The summed E-state index contributed by atoms with van der Waals surface area (Å²) in [6, 6.07) is 7.61. The summed E-state index contributed by atoms with van der Waals surface area (Å²) in [7, 11) is 1.62. The van der Waals surface area contributed by atoms with Crippen LogP contribution in [0.2, 0.25) is 0 Å². The Bertz CT molecular complexity index is 566. The van der Waals surface area contributed by atoms with Gasteiger partial charge in [-0.1, -0.05) is 6.07 Å². The zero-order valence-electron chi connectivity index (χ0n) is 9.91. The maximum atomic E-state index is 10.4. The standard InChI is InChI=1S/C13H12Br2O2S/c1-7-5-10(15)13(18-7)12(16)8-3-4-11(17-2)9(14)6-8/h3-6,12,16H,1-2H3. The quantitative estimate of drug-likeness (QED) is 0.823. The first-order valence-electron chi connectivity index (χ1n) is 5.30. The molecule has 1 aromatic carbocycles. The molecule has 0 aliphatic heterocycles. The van der Waals surface area contributed by atoms with E-state index in [-0.39, 0.29) is 0 Å². The van der Waals surface area contributed by atoms with Gasteiger partial charge in [-0.25, -0.2) is 0 Å². The number of ether oxygens (including phenoxy) is 1. The van der Waals surface area contributed by atoms with Crippen molar-refractivity contribution in [1.29, 1.82) is 0 Å². The lowest BCUT2D eigenvalue weighted by molar-refractivity contribution is 0.223. The number of aliphatic hydroxyl groups excluding tert-OH is 1. The Morgan fingerprint density at radius 2 is 1.94 bits per heavy atom. The average molecular weight is 392 g/mol. The van der Waals surface area contributed by atoms with Gasteiger partial charge in [0.25, 0.3) is 0 Å². The molecule has 0 fully saturated rings. The van der Waals surface area contributed by atoms with E-state index in [4.69, 9.17) is 4.74 Å². The van der Waals surface area contributed by atoms with Gasteiger partial charge in [0.15, 0.2) is 0 Å². The third-order valence-electron chi connectivity index (χ3n) is 2.58. The van der Waals surface area contributed by atoms with E-state index in [9.17, 15) is 5.11 Å². The van der Waals surface area contributed by atoms with Crippen molar-refractivity contribution in [2.75, 3.05) is 7.11 Å². The SMILES string of the molecule is COc1ccc(C(O)c2sc(C)cc2Br)cc1Br. The molecule has 1 atom stereocenters. The summed E-state index contributed by atoms with van der Waals surface area (Å²) in [6.45, 7) is 2.02. The maximum Gasteiger partial charge on any atom is 0.133 e. The van der Waals surface area contributed by atoms with E-state index in [1.165, 1.54) is 4.88 Å². The number of aliphatic hydroxyl groups is 1. The number of benzene rings is 1. The molecule has 0 aliphatic carbocycles. The molecule has 1 N–H and O–H groups in total. The highest BCUT2D eigenvalue weighted by molar-refractivity contribution is 9.10. The molecule has 0 bridgehead atoms. The highest BCUT2D eigenvalue weighted by Gasteiger charge is 2.17. The molecular formula is C13H12Br2O2S. The summed E-state index contributed by atoms with van der Waals surface area (Å²) < 4.78 is 6.97. The Morgan fingerprint density at radius 1 is 1.22 bits per heavy atom. The fourth-order valence-corrected chi connectivity index (χ4v) is 4.13. The van der Waals surface area contributed by atoms with E-state index in [1.807, 2.05) is 31.2 Å². The number of rotatable bonds is 3. The normalized spacial score (nSPS) is 12.5. The number of hydrogen-bond acceptors (Lipinski definition) is 3. The van der Waals surface area contributed by atoms with Crippen LogP contribution in [-0.4, -0.2) is 12.2 Å². The Morgan fingerprint density at radius 3 is 2.44 bits per heavy atom. The van der Waals surface area contributed by atoms with Crippen molar-refractivity contribution in [3.63, 3.8) is 0 Å². The molecule has 1 heterocycles. The monoisotopic (exact) mass is 390 g/mol. The summed E-state index contributed by atoms with van der Waals surface area (Å²) in [5.41, 5.74) is 0.838. The van der Waals surface area contributed by atoms with Crippen molar-refractivity contribution in [3.05, 3.63) is 48.5 Å². The zero-order valence-corrected chi connectivity index (χ0v) is 13.9. The van der Waals surface area contributed by atoms with Crippen LogP contribution < -0.4 is 4.74 Å². The molecule has 0 aliphatic rings. The van der Waals surface area contributed by atoms with Crippen molar-refractivity contribution in [3.8, 4) is 5.75 Å². The molecule has 0 spiro atoms. The lowest BCUT2D eigenvalue weighted by Gasteiger charge is -2.12. The Kier molecular flexibility index (Phi) is 4.48. The van der Waals surface area contributed by atoms with Gasteiger partial charge < -0.3 is 9.84 Å². The molecular weight excluding hydrogens is 380 g/mol. The Labute approximate surface area is 127 Å². The highest BCUT2D eigenvalue weighted by atomic mass is 79.9. The summed E-state index contributed by atoms with van der Waals surface area (Å²) in [5.74, 6) is 0.757.